The summed E-state index contributed by atoms with van der Waals surface area (Å²) in [6.45, 7) is 7.76. The van der Waals surface area contributed by atoms with Gasteiger partial charge in [-0.15, -0.1) is 0 Å². The van der Waals surface area contributed by atoms with Gasteiger partial charge in [0.2, 0.25) is 0 Å². The Balaban J connectivity index is 1.76. The molecule has 0 aliphatic carbocycles. The second-order valence-electron chi connectivity index (χ2n) is 10.5. The average molecular weight is 520 g/mol. The highest BCUT2D eigenvalue weighted by Crippen LogP contribution is 2.45. The summed E-state index contributed by atoms with van der Waals surface area (Å²) in [5.74, 6) is 0.630. The Morgan fingerprint density at radius 2 is 1.39 bits per heavy atom. The van der Waals surface area contributed by atoms with Gasteiger partial charge in [-0.05, 0) is 51.0 Å². The van der Waals surface area contributed by atoms with Gasteiger partial charge in [0.15, 0.2) is 5.72 Å². The maximum atomic E-state index is 13.6. The smallest absolute Gasteiger partial charge is 0.413 e. The first-order valence-corrected chi connectivity index (χ1v) is 12.8. The molecule has 1 amide bonds. The van der Waals surface area contributed by atoms with Crippen molar-refractivity contribution >= 4 is 6.09 Å². The van der Waals surface area contributed by atoms with E-state index in [1.54, 1.807) is 52.1 Å². The summed E-state index contributed by atoms with van der Waals surface area (Å²) in [7, 11) is 1.58. The Labute approximate surface area is 224 Å². The van der Waals surface area contributed by atoms with Gasteiger partial charge >= 0.3 is 6.09 Å². The van der Waals surface area contributed by atoms with Crippen LogP contribution in [-0.2, 0) is 33.1 Å². The van der Waals surface area contributed by atoms with Crippen molar-refractivity contribution in [3.8, 4) is 5.75 Å². The molecule has 38 heavy (non-hydrogen) atoms. The Kier molecular flexibility index (Phi) is 8.41. The highest BCUT2D eigenvalue weighted by atomic mass is 16.6. The number of nitrogens with zero attached hydrogens (tertiary/aromatic N) is 1. The molecular formula is C31H37NO6. The number of ether oxygens (including phenoxy) is 4. The van der Waals surface area contributed by atoms with Crippen LogP contribution in [-0.4, -0.2) is 47.1 Å². The van der Waals surface area contributed by atoms with Crippen molar-refractivity contribution in [2.24, 2.45) is 0 Å². The van der Waals surface area contributed by atoms with E-state index in [9.17, 15) is 9.90 Å². The molecule has 1 saturated heterocycles. The lowest BCUT2D eigenvalue weighted by molar-refractivity contribution is -0.183. The number of hydrogen-bond donors (Lipinski definition) is 1. The van der Waals surface area contributed by atoms with Gasteiger partial charge < -0.3 is 24.1 Å². The lowest BCUT2D eigenvalue weighted by Crippen LogP contribution is -2.53. The molecule has 7 nitrogen and oxygen atoms in total. The third-order valence-electron chi connectivity index (χ3n) is 6.61. The molecule has 4 atom stereocenters. The molecule has 1 N–H and O–H groups in total. The predicted octanol–water partition coefficient (Wildman–Crippen LogP) is 5.65. The number of amides is 1. The number of methoxy groups -OCH3 is 1. The zero-order valence-electron chi connectivity index (χ0n) is 22.7. The van der Waals surface area contributed by atoms with Crippen LogP contribution >= 0.6 is 0 Å². The van der Waals surface area contributed by atoms with E-state index in [0.29, 0.717) is 17.9 Å². The number of aliphatic hydroxyl groups is 1. The second-order valence-corrected chi connectivity index (χ2v) is 10.5. The Bertz CT molecular complexity index is 1180. The molecule has 1 aliphatic heterocycles. The first-order valence-electron chi connectivity index (χ1n) is 12.8. The minimum atomic E-state index is -1.87. The highest BCUT2D eigenvalue weighted by Gasteiger charge is 2.62. The van der Waals surface area contributed by atoms with Gasteiger partial charge in [0.05, 0.1) is 26.4 Å². The van der Waals surface area contributed by atoms with E-state index in [-0.39, 0.29) is 6.61 Å². The van der Waals surface area contributed by atoms with Crippen molar-refractivity contribution in [2.45, 2.75) is 70.5 Å². The van der Waals surface area contributed by atoms with Crippen LogP contribution in [0, 0.1) is 0 Å². The maximum absolute atomic E-state index is 13.6. The lowest BCUT2D eigenvalue weighted by Gasteiger charge is -2.39. The van der Waals surface area contributed by atoms with Crippen molar-refractivity contribution in [3.63, 3.8) is 0 Å². The zero-order chi connectivity index (χ0) is 27.3. The zero-order valence-corrected chi connectivity index (χ0v) is 22.7. The summed E-state index contributed by atoms with van der Waals surface area (Å²) in [5.41, 5.74) is -0.245. The fourth-order valence-electron chi connectivity index (χ4n) is 4.80. The average Bonchev–Trinajstić information content (AvgIpc) is 3.12. The van der Waals surface area contributed by atoms with Crippen molar-refractivity contribution in [1.82, 2.24) is 4.90 Å². The van der Waals surface area contributed by atoms with Gasteiger partial charge in [0.1, 0.15) is 23.6 Å². The minimum absolute atomic E-state index is 0.226. The van der Waals surface area contributed by atoms with Crippen LogP contribution < -0.4 is 4.74 Å². The van der Waals surface area contributed by atoms with Gasteiger partial charge in [0.25, 0.3) is 0 Å². The van der Waals surface area contributed by atoms with Crippen LogP contribution in [0.25, 0.3) is 0 Å². The number of carbonyl (C=O) groups is 1. The summed E-state index contributed by atoms with van der Waals surface area (Å²) in [5, 5.41) is 12.5. The molecule has 1 unspecified atom stereocenters. The van der Waals surface area contributed by atoms with E-state index < -0.39 is 35.7 Å². The van der Waals surface area contributed by atoms with Gasteiger partial charge in [-0.2, -0.15) is 0 Å². The van der Waals surface area contributed by atoms with Crippen molar-refractivity contribution in [1.29, 1.82) is 0 Å². The van der Waals surface area contributed by atoms with E-state index in [1.807, 2.05) is 67.6 Å². The van der Waals surface area contributed by atoms with Crippen LogP contribution in [0.15, 0.2) is 84.9 Å². The lowest BCUT2D eigenvalue weighted by atomic mass is 9.95. The van der Waals surface area contributed by atoms with Crippen molar-refractivity contribution in [3.05, 3.63) is 102 Å². The molecule has 0 saturated carbocycles. The van der Waals surface area contributed by atoms with Gasteiger partial charge in [-0.25, -0.2) is 4.79 Å². The summed E-state index contributed by atoms with van der Waals surface area (Å²) in [4.78, 5) is 15.0. The molecule has 0 radical (unpaired) electrons. The quantitative estimate of drug-likeness (QED) is 0.414. The fourth-order valence-corrected chi connectivity index (χ4v) is 4.80. The SMILES string of the molecule is COc1ccc(C2(O)[C@@H](OCc3ccccc3)[C@H](OCc3ccccc3)[C@@H](C)N2C(=O)OC(C)(C)C)cc1. The van der Waals surface area contributed by atoms with E-state index in [1.165, 1.54) is 4.90 Å². The molecule has 0 bridgehead atoms. The largest absolute Gasteiger partial charge is 0.497 e. The minimum Gasteiger partial charge on any atom is -0.497 e. The number of hydrogen-bond acceptors (Lipinski definition) is 6. The topological polar surface area (TPSA) is 77.5 Å². The predicted molar refractivity (Wildman–Crippen MR) is 144 cm³/mol. The Morgan fingerprint density at radius 1 is 0.868 bits per heavy atom. The molecule has 0 aromatic heterocycles. The fraction of sp³-hybridized carbons (Fsp3) is 0.387. The van der Waals surface area contributed by atoms with E-state index in [4.69, 9.17) is 18.9 Å². The molecule has 3 aromatic rings. The van der Waals surface area contributed by atoms with Crippen molar-refractivity contribution in [2.75, 3.05) is 7.11 Å². The Morgan fingerprint density at radius 3 is 1.89 bits per heavy atom. The third-order valence-corrected chi connectivity index (χ3v) is 6.61. The first-order chi connectivity index (χ1) is 18.1. The molecule has 0 spiro atoms. The summed E-state index contributed by atoms with van der Waals surface area (Å²) in [6, 6.07) is 25.9. The van der Waals surface area contributed by atoms with Gasteiger partial charge in [-0.1, -0.05) is 72.8 Å². The molecule has 3 aromatic carbocycles. The molecule has 1 aliphatic rings. The van der Waals surface area contributed by atoms with Crippen LogP contribution in [0.1, 0.15) is 44.4 Å². The molecule has 1 heterocycles. The van der Waals surface area contributed by atoms with Crippen molar-refractivity contribution < 1.29 is 28.8 Å². The van der Waals surface area contributed by atoms with Gasteiger partial charge in [0, 0.05) is 5.56 Å². The van der Waals surface area contributed by atoms with E-state index in [2.05, 4.69) is 0 Å². The van der Waals surface area contributed by atoms with Crippen LogP contribution in [0.4, 0.5) is 4.79 Å². The normalized spacial score (nSPS) is 23.3. The summed E-state index contributed by atoms with van der Waals surface area (Å²) in [6.07, 6.45) is -2.22. The third kappa shape index (κ3) is 6.01. The van der Waals surface area contributed by atoms with Crippen LogP contribution in [0.2, 0.25) is 0 Å². The maximum Gasteiger partial charge on any atom is 0.413 e. The molecule has 7 heteroatoms. The number of carbonyl (C=O) groups excluding carboxylic acids is 1. The highest BCUT2D eigenvalue weighted by molar-refractivity contribution is 5.71. The number of rotatable bonds is 8. The van der Waals surface area contributed by atoms with Gasteiger partial charge in [-0.3, -0.25) is 4.90 Å². The van der Waals surface area contributed by atoms with E-state index in [0.717, 1.165) is 11.1 Å². The molecular weight excluding hydrogens is 482 g/mol. The number of benzene rings is 3. The Hall–Kier alpha value is -3.39. The van der Waals surface area contributed by atoms with Crippen LogP contribution in [0.5, 0.6) is 5.75 Å². The standard InChI is InChI=1S/C31H37NO6/c1-22-27(36-20-23-12-8-6-9-13-23)28(37-21-24-14-10-7-11-15-24)31(34,25-16-18-26(35-5)19-17-25)32(22)29(33)38-30(2,3)4/h6-19,22,27-28,34H,20-21H2,1-5H3/t22-,27-,28+,31?/m1/s1. The monoisotopic (exact) mass is 519 g/mol. The molecule has 1 fully saturated rings. The number of likely N-dealkylation sites (tertiary alicyclic amines) is 1. The van der Waals surface area contributed by atoms with E-state index >= 15 is 0 Å². The molecule has 202 valence electrons. The first kappa shape index (κ1) is 27.6. The second kappa shape index (κ2) is 11.6. The summed E-state index contributed by atoms with van der Waals surface area (Å²) < 4.78 is 23.9. The van der Waals surface area contributed by atoms with Crippen LogP contribution in [0.3, 0.4) is 0 Å². The molecule has 4 rings (SSSR count). The summed E-state index contributed by atoms with van der Waals surface area (Å²) >= 11 is 0.